The van der Waals surface area contributed by atoms with Crippen molar-refractivity contribution in [2.24, 2.45) is 0 Å². The third-order valence-electron chi connectivity index (χ3n) is 4.80. The van der Waals surface area contributed by atoms with Crippen LogP contribution in [0.4, 0.5) is 0 Å². The van der Waals surface area contributed by atoms with Gasteiger partial charge in [-0.25, -0.2) is 0 Å². The molecule has 0 heterocycles. The number of carbonyl (C=O) groups excluding carboxylic acids is 1. The van der Waals surface area contributed by atoms with Crippen molar-refractivity contribution in [3.8, 4) is 0 Å². The van der Waals surface area contributed by atoms with E-state index in [0.29, 0.717) is 25.5 Å². The van der Waals surface area contributed by atoms with Crippen LogP contribution in [0.3, 0.4) is 0 Å². The van der Waals surface area contributed by atoms with Crippen molar-refractivity contribution in [1.29, 1.82) is 0 Å². The van der Waals surface area contributed by atoms with Gasteiger partial charge in [-0.3, -0.25) is 4.79 Å². The minimum absolute atomic E-state index is 0.0626. The third kappa shape index (κ3) is 21.8. The number of halogens is 1. The predicted molar refractivity (Wildman–Crippen MR) is 114 cm³/mol. The van der Waals surface area contributed by atoms with E-state index in [9.17, 15) is 4.79 Å². The van der Waals surface area contributed by atoms with E-state index >= 15 is 0 Å². The van der Waals surface area contributed by atoms with Crippen molar-refractivity contribution in [3.05, 3.63) is 0 Å². The minimum atomic E-state index is -0.0626. The number of esters is 1. The summed E-state index contributed by atoms with van der Waals surface area (Å²) in [5.41, 5.74) is 0. The quantitative estimate of drug-likeness (QED) is 0.136. The lowest BCUT2D eigenvalue weighted by atomic mass is 10.0. The molecule has 0 aliphatic heterocycles. The van der Waals surface area contributed by atoms with Gasteiger partial charge in [0.25, 0.3) is 0 Å². The highest BCUT2D eigenvalue weighted by atomic mass is 35.5. The van der Waals surface area contributed by atoms with E-state index in [-0.39, 0.29) is 5.97 Å². The zero-order valence-corrected chi connectivity index (χ0v) is 18.1. The van der Waals surface area contributed by atoms with Crippen molar-refractivity contribution in [2.45, 2.75) is 110 Å². The number of hydrogen-bond donors (Lipinski definition) is 1. The van der Waals surface area contributed by atoms with Crippen molar-refractivity contribution < 1.29 is 9.53 Å². The summed E-state index contributed by atoms with van der Waals surface area (Å²) in [6.07, 6.45) is 20.7. The molecule has 0 atom stereocenters. The van der Waals surface area contributed by atoms with Crippen molar-refractivity contribution in [1.82, 2.24) is 5.32 Å². The maximum atomic E-state index is 11.5. The Hall–Kier alpha value is -0.280. The molecule has 0 aliphatic carbocycles. The molecular weight excluding hydrogens is 346 g/mol. The Morgan fingerprint density at radius 1 is 0.731 bits per heavy atom. The Bertz CT molecular complexity index is 287. The second kappa shape index (κ2) is 22.8. The Balaban J connectivity index is 3.09. The molecule has 0 radical (unpaired) electrons. The molecule has 1 N–H and O–H groups in total. The van der Waals surface area contributed by atoms with Crippen molar-refractivity contribution >= 4 is 17.6 Å². The van der Waals surface area contributed by atoms with Gasteiger partial charge in [-0.1, -0.05) is 96.8 Å². The second-order valence-electron chi connectivity index (χ2n) is 7.36. The van der Waals surface area contributed by atoms with Gasteiger partial charge in [-0.05, 0) is 6.42 Å². The number of nitrogens with one attached hydrogen (secondary N) is 1. The molecule has 26 heavy (non-hydrogen) atoms. The van der Waals surface area contributed by atoms with E-state index < -0.39 is 0 Å². The fourth-order valence-corrected chi connectivity index (χ4v) is 3.28. The lowest BCUT2D eigenvalue weighted by molar-refractivity contribution is -0.143. The number of hydrogen-bond acceptors (Lipinski definition) is 3. The first kappa shape index (κ1) is 25.7. The van der Waals surface area contributed by atoms with Crippen LogP contribution < -0.4 is 5.32 Å². The third-order valence-corrected chi connectivity index (χ3v) is 4.99. The highest BCUT2D eigenvalue weighted by Gasteiger charge is 2.02. The SMILES string of the molecule is CCCCCCCCCCCCCCCCCC(=O)OCCNCCCl. The summed E-state index contributed by atoms with van der Waals surface area (Å²) in [4.78, 5) is 11.5. The van der Waals surface area contributed by atoms with Crippen molar-refractivity contribution in [2.75, 3.05) is 25.6 Å². The van der Waals surface area contributed by atoms with Gasteiger partial charge in [0, 0.05) is 25.4 Å². The first-order valence-corrected chi connectivity index (χ1v) is 11.8. The molecule has 0 amide bonds. The molecule has 3 nitrogen and oxygen atoms in total. The highest BCUT2D eigenvalue weighted by molar-refractivity contribution is 6.18. The van der Waals surface area contributed by atoms with Gasteiger partial charge >= 0.3 is 5.97 Å². The topological polar surface area (TPSA) is 38.3 Å². The summed E-state index contributed by atoms with van der Waals surface area (Å²) in [6.45, 7) is 4.18. The van der Waals surface area contributed by atoms with Gasteiger partial charge in [0.2, 0.25) is 0 Å². The van der Waals surface area contributed by atoms with E-state index in [4.69, 9.17) is 16.3 Å². The first-order chi connectivity index (χ1) is 12.8. The Morgan fingerprint density at radius 3 is 1.65 bits per heavy atom. The van der Waals surface area contributed by atoms with Crippen LogP contribution in [0.1, 0.15) is 110 Å². The molecule has 0 rings (SSSR count). The first-order valence-electron chi connectivity index (χ1n) is 11.2. The average Bonchev–Trinajstić information content (AvgIpc) is 2.64. The van der Waals surface area contributed by atoms with E-state index in [1.807, 2.05) is 0 Å². The standard InChI is InChI=1S/C22H44ClNO2/c1-2-3-4-5-6-7-8-9-10-11-12-13-14-15-16-17-22(25)26-21-20-24-19-18-23/h24H,2-21H2,1H3. The van der Waals surface area contributed by atoms with Gasteiger partial charge in [-0.15, -0.1) is 11.6 Å². The van der Waals surface area contributed by atoms with Crippen molar-refractivity contribution in [3.63, 3.8) is 0 Å². The molecule has 4 heteroatoms. The van der Waals surface area contributed by atoms with E-state index in [1.165, 1.54) is 83.5 Å². The molecule has 0 aromatic heterocycles. The summed E-state index contributed by atoms with van der Waals surface area (Å²) in [5.74, 6) is 0.528. The zero-order valence-electron chi connectivity index (χ0n) is 17.3. The molecule has 0 saturated heterocycles. The van der Waals surface area contributed by atoms with E-state index in [2.05, 4.69) is 12.2 Å². The lowest BCUT2D eigenvalue weighted by Gasteiger charge is -2.06. The fourth-order valence-electron chi connectivity index (χ4n) is 3.14. The molecule has 0 aromatic rings. The Kier molecular flexibility index (Phi) is 22.5. The summed E-state index contributed by atoms with van der Waals surface area (Å²) in [7, 11) is 0. The molecule has 0 aromatic carbocycles. The summed E-state index contributed by atoms with van der Waals surface area (Å²) in [5, 5.41) is 3.10. The van der Waals surface area contributed by atoms with Gasteiger partial charge in [0.1, 0.15) is 6.61 Å². The van der Waals surface area contributed by atoms with Gasteiger partial charge in [-0.2, -0.15) is 0 Å². The molecule has 0 bridgehead atoms. The number of unbranched alkanes of at least 4 members (excludes halogenated alkanes) is 14. The van der Waals surface area contributed by atoms with Crippen LogP contribution in [0.5, 0.6) is 0 Å². The number of rotatable bonds is 21. The van der Waals surface area contributed by atoms with Crippen LogP contribution in [-0.2, 0) is 9.53 Å². The second-order valence-corrected chi connectivity index (χ2v) is 7.74. The maximum Gasteiger partial charge on any atom is 0.305 e. The van der Waals surface area contributed by atoms with Crippen LogP contribution in [0, 0.1) is 0 Å². The zero-order chi connectivity index (χ0) is 19.1. The summed E-state index contributed by atoms with van der Waals surface area (Å²) < 4.78 is 5.16. The summed E-state index contributed by atoms with van der Waals surface area (Å²) in [6, 6.07) is 0. The monoisotopic (exact) mass is 389 g/mol. The van der Waals surface area contributed by atoms with E-state index in [1.54, 1.807) is 0 Å². The van der Waals surface area contributed by atoms with Crippen LogP contribution in [0.2, 0.25) is 0 Å². The lowest BCUT2D eigenvalue weighted by Crippen LogP contribution is -2.23. The van der Waals surface area contributed by atoms with Gasteiger partial charge in [0.15, 0.2) is 0 Å². The largest absolute Gasteiger partial charge is 0.464 e. The molecular formula is C22H44ClNO2. The minimum Gasteiger partial charge on any atom is -0.464 e. The summed E-state index contributed by atoms with van der Waals surface area (Å²) >= 11 is 5.55. The van der Waals surface area contributed by atoms with Crippen LogP contribution >= 0.6 is 11.6 Å². The molecule has 0 saturated carbocycles. The molecule has 0 fully saturated rings. The smallest absolute Gasteiger partial charge is 0.305 e. The predicted octanol–water partition coefficient (Wildman–Crippen LogP) is 6.62. The average molecular weight is 390 g/mol. The molecule has 0 spiro atoms. The fraction of sp³-hybridized carbons (Fsp3) is 0.955. The Labute approximate surface area is 168 Å². The maximum absolute atomic E-state index is 11.5. The normalized spacial score (nSPS) is 11.0. The molecule has 156 valence electrons. The number of carbonyl (C=O) groups is 1. The van der Waals surface area contributed by atoms with E-state index in [0.717, 1.165) is 19.4 Å². The molecule has 0 unspecified atom stereocenters. The van der Waals surface area contributed by atoms with Crippen LogP contribution in [0.25, 0.3) is 0 Å². The highest BCUT2D eigenvalue weighted by Crippen LogP contribution is 2.13. The van der Waals surface area contributed by atoms with Gasteiger partial charge in [0.05, 0.1) is 0 Å². The molecule has 0 aliphatic rings. The van der Waals surface area contributed by atoms with Crippen LogP contribution in [0.15, 0.2) is 0 Å². The Morgan fingerprint density at radius 2 is 1.19 bits per heavy atom. The van der Waals surface area contributed by atoms with Crippen LogP contribution in [-0.4, -0.2) is 31.5 Å². The number of alkyl halides is 1. The number of ether oxygens (including phenoxy) is 1. The van der Waals surface area contributed by atoms with Gasteiger partial charge < -0.3 is 10.1 Å².